The van der Waals surface area contributed by atoms with Gasteiger partial charge in [-0.3, -0.25) is 14.5 Å². The average Bonchev–Trinajstić information content (AvgIpc) is 3.50. The molecule has 6 heteroatoms. The Morgan fingerprint density at radius 1 is 1.17 bits per heavy atom. The number of hydrogen-bond donors (Lipinski definition) is 1. The summed E-state index contributed by atoms with van der Waals surface area (Å²) in [5, 5.41) is 3.03. The van der Waals surface area contributed by atoms with Gasteiger partial charge < -0.3 is 15.0 Å². The topological polar surface area (TPSA) is 61.9 Å². The molecule has 0 atom stereocenters. The van der Waals surface area contributed by atoms with E-state index in [0.717, 1.165) is 42.8 Å². The van der Waals surface area contributed by atoms with Gasteiger partial charge in [0.15, 0.2) is 0 Å². The van der Waals surface area contributed by atoms with Gasteiger partial charge in [0.05, 0.1) is 25.0 Å². The molecule has 1 saturated heterocycles. The van der Waals surface area contributed by atoms with Gasteiger partial charge in [-0.25, -0.2) is 0 Å². The first-order chi connectivity index (χ1) is 14.1. The van der Waals surface area contributed by atoms with Gasteiger partial charge in [0.2, 0.25) is 11.8 Å². The lowest BCUT2D eigenvalue weighted by molar-refractivity contribution is -0.118. The van der Waals surface area contributed by atoms with Gasteiger partial charge in [-0.1, -0.05) is 24.3 Å². The normalized spacial score (nSPS) is 16.3. The van der Waals surface area contributed by atoms with Crippen molar-refractivity contribution in [3.05, 3.63) is 54.1 Å². The van der Waals surface area contributed by atoms with Crippen LogP contribution in [0.3, 0.4) is 0 Å². The molecular formula is C23H27N3O3. The van der Waals surface area contributed by atoms with Gasteiger partial charge in [-0.15, -0.1) is 0 Å². The highest BCUT2D eigenvalue weighted by Crippen LogP contribution is 2.31. The molecule has 0 unspecified atom stereocenters. The third-order valence-electron chi connectivity index (χ3n) is 5.50. The van der Waals surface area contributed by atoms with Crippen molar-refractivity contribution in [2.45, 2.75) is 38.3 Å². The Kier molecular flexibility index (Phi) is 5.81. The highest BCUT2D eigenvalue weighted by Gasteiger charge is 2.31. The van der Waals surface area contributed by atoms with Crippen LogP contribution in [0.15, 0.2) is 48.5 Å². The Morgan fingerprint density at radius 3 is 2.59 bits per heavy atom. The van der Waals surface area contributed by atoms with Crippen molar-refractivity contribution in [2.24, 2.45) is 0 Å². The molecule has 1 aliphatic heterocycles. The number of nitrogens with zero attached hydrogens (tertiary/aromatic N) is 2. The molecule has 2 aromatic carbocycles. The molecule has 2 amide bonds. The zero-order valence-electron chi connectivity index (χ0n) is 16.8. The van der Waals surface area contributed by atoms with Gasteiger partial charge in [0, 0.05) is 25.6 Å². The van der Waals surface area contributed by atoms with Gasteiger partial charge in [-0.2, -0.15) is 0 Å². The number of anilines is 2. The standard InChI is InChI=1S/C23H27N3O3/c1-29-19-12-8-17(9-13-19)15-25(18-10-11-18)16-22(27)24-20-5-2-3-6-21(20)26-14-4-7-23(26)28/h2-3,5-6,8-9,12-13,18H,4,7,10-11,14-16H2,1H3,(H,24,27). The summed E-state index contributed by atoms with van der Waals surface area (Å²) in [6, 6.07) is 16.0. The second kappa shape index (κ2) is 8.66. The zero-order valence-corrected chi connectivity index (χ0v) is 16.8. The molecule has 2 aromatic rings. The fraction of sp³-hybridized carbons (Fsp3) is 0.391. The lowest BCUT2D eigenvalue weighted by Gasteiger charge is -2.23. The molecule has 1 saturated carbocycles. The third-order valence-corrected chi connectivity index (χ3v) is 5.50. The lowest BCUT2D eigenvalue weighted by Crippen LogP contribution is -2.35. The van der Waals surface area contributed by atoms with Crippen LogP contribution in [0.2, 0.25) is 0 Å². The van der Waals surface area contributed by atoms with E-state index in [-0.39, 0.29) is 11.8 Å². The fourth-order valence-corrected chi connectivity index (χ4v) is 3.81. The number of carbonyl (C=O) groups excluding carboxylic acids is 2. The molecule has 1 aliphatic carbocycles. The summed E-state index contributed by atoms with van der Waals surface area (Å²) in [5.74, 6) is 0.896. The van der Waals surface area contributed by atoms with Crippen LogP contribution >= 0.6 is 0 Å². The molecule has 0 radical (unpaired) electrons. The molecule has 152 valence electrons. The highest BCUT2D eigenvalue weighted by atomic mass is 16.5. The van der Waals surface area contributed by atoms with Gasteiger partial charge in [-0.05, 0) is 49.1 Å². The van der Waals surface area contributed by atoms with Gasteiger partial charge >= 0.3 is 0 Å². The number of nitrogens with one attached hydrogen (secondary N) is 1. The number of hydrogen-bond acceptors (Lipinski definition) is 4. The number of rotatable bonds is 8. The van der Waals surface area contributed by atoms with Gasteiger partial charge in [0.1, 0.15) is 5.75 Å². The van der Waals surface area contributed by atoms with E-state index in [1.807, 2.05) is 48.5 Å². The first-order valence-corrected chi connectivity index (χ1v) is 10.2. The van der Waals surface area contributed by atoms with Crippen LogP contribution in [0.1, 0.15) is 31.2 Å². The Balaban J connectivity index is 1.42. The van der Waals surface area contributed by atoms with Crippen molar-refractivity contribution in [3.8, 4) is 5.75 Å². The molecule has 1 N–H and O–H groups in total. The van der Waals surface area contributed by atoms with Crippen LogP contribution in [0, 0.1) is 0 Å². The van der Waals surface area contributed by atoms with Crippen LogP contribution < -0.4 is 15.0 Å². The Hall–Kier alpha value is -2.86. The molecule has 4 rings (SSSR count). The lowest BCUT2D eigenvalue weighted by atomic mass is 10.2. The number of benzene rings is 2. The third kappa shape index (κ3) is 4.77. The average molecular weight is 393 g/mol. The predicted octanol–water partition coefficient (Wildman–Crippen LogP) is 3.43. The minimum absolute atomic E-state index is 0.0514. The molecule has 1 heterocycles. The summed E-state index contributed by atoms with van der Waals surface area (Å²) in [5.41, 5.74) is 2.65. The van der Waals surface area contributed by atoms with Crippen LogP contribution in [0.4, 0.5) is 11.4 Å². The highest BCUT2D eigenvalue weighted by molar-refractivity contribution is 6.02. The van der Waals surface area contributed by atoms with E-state index in [9.17, 15) is 9.59 Å². The second-order valence-corrected chi connectivity index (χ2v) is 7.70. The summed E-state index contributed by atoms with van der Waals surface area (Å²) in [7, 11) is 1.66. The van der Waals surface area contributed by atoms with Crippen molar-refractivity contribution < 1.29 is 14.3 Å². The molecule has 2 aliphatic rings. The Bertz CT molecular complexity index is 877. The zero-order chi connectivity index (χ0) is 20.2. The molecule has 0 aromatic heterocycles. The maximum Gasteiger partial charge on any atom is 0.238 e. The van der Waals surface area contributed by atoms with Crippen molar-refractivity contribution in [2.75, 3.05) is 30.4 Å². The Morgan fingerprint density at radius 2 is 1.93 bits per heavy atom. The van der Waals surface area contributed by atoms with Crippen molar-refractivity contribution >= 4 is 23.2 Å². The van der Waals surface area contributed by atoms with Crippen molar-refractivity contribution in [1.82, 2.24) is 4.90 Å². The molecule has 0 bridgehead atoms. The van der Waals surface area contributed by atoms with E-state index in [1.165, 1.54) is 0 Å². The molecule has 2 fully saturated rings. The number of carbonyl (C=O) groups is 2. The first-order valence-electron chi connectivity index (χ1n) is 10.2. The van der Waals surface area contributed by atoms with E-state index in [2.05, 4.69) is 10.2 Å². The summed E-state index contributed by atoms with van der Waals surface area (Å²) < 4.78 is 5.22. The largest absolute Gasteiger partial charge is 0.497 e. The first kappa shape index (κ1) is 19.5. The minimum atomic E-state index is -0.0514. The van der Waals surface area contributed by atoms with Crippen LogP contribution in [-0.4, -0.2) is 43.0 Å². The van der Waals surface area contributed by atoms with E-state index in [4.69, 9.17) is 4.74 Å². The minimum Gasteiger partial charge on any atom is -0.497 e. The van der Waals surface area contributed by atoms with Crippen LogP contribution in [-0.2, 0) is 16.1 Å². The van der Waals surface area contributed by atoms with Crippen LogP contribution in [0.5, 0.6) is 5.75 Å². The number of amides is 2. The maximum atomic E-state index is 12.8. The van der Waals surface area contributed by atoms with Crippen molar-refractivity contribution in [3.63, 3.8) is 0 Å². The summed E-state index contributed by atoms with van der Waals surface area (Å²) in [4.78, 5) is 28.9. The SMILES string of the molecule is COc1ccc(CN(CC(=O)Nc2ccccc2N2CCCC2=O)C2CC2)cc1. The summed E-state index contributed by atoms with van der Waals surface area (Å²) >= 11 is 0. The second-order valence-electron chi connectivity index (χ2n) is 7.70. The van der Waals surface area contributed by atoms with Crippen molar-refractivity contribution in [1.29, 1.82) is 0 Å². The van der Waals surface area contributed by atoms with E-state index in [0.29, 0.717) is 31.2 Å². The smallest absolute Gasteiger partial charge is 0.238 e. The summed E-state index contributed by atoms with van der Waals surface area (Å²) in [6.45, 7) is 1.77. The molecular weight excluding hydrogens is 366 g/mol. The molecule has 6 nitrogen and oxygen atoms in total. The number of para-hydroxylation sites is 2. The monoisotopic (exact) mass is 393 g/mol. The number of methoxy groups -OCH3 is 1. The maximum absolute atomic E-state index is 12.8. The van der Waals surface area contributed by atoms with E-state index in [1.54, 1.807) is 12.0 Å². The fourth-order valence-electron chi connectivity index (χ4n) is 3.81. The number of ether oxygens (including phenoxy) is 1. The van der Waals surface area contributed by atoms with Crippen LogP contribution in [0.25, 0.3) is 0 Å². The summed E-state index contributed by atoms with van der Waals surface area (Å²) in [6.07, 6.45) is 3.68. The molecule has 0 spiro atoms. The van der Waals surface area contributed by atoms with E-state index < -0.39 is 0 Å². The predicted molar refractivity (Wildman–Crippen MR) is 113 cm³/mol. The Labute approximate surface area is 171 Å². The van der Waals surface area contributed by atoms with Gasteiger partial charge in [0.25, 0.3) is 0 Å². The van der Waals surface area contributed by atoms with E-state index >= 15 is 0 Å². The molecule has 29 heavy (non-hydrogen) atoms. The quantitative estimate of drug-likeness (QED) is 0.746.